The van der Waals surface area contributed by atoms with Crippen LogP contribution >= 0.6 is 0 Å². The van der Waals surface area contributed by atoms with Gasteiger partial charge in [-0.25, -0.2) is 8.42 Å². The minimum Gasteiger partial charge on any atom is -0.369 e. The zero-order chi connectivity index (χ0) is 12.6. The van der Waals surface area contributed by atoms with Crippen molar-refractivity contribution in [3.63, 3.8) is 0 Å². The second-order valence-corrected chi connectivity index (χ2v) is 6.93. The third kappa shape index (κ3) is 2.78. The largest absolute Gasteiger partial charge is 0.369 e. The summed E-state index contributed by atoms with van der Waals surface area (Å²) in [7, 11) is -3.03. The van der Waals surface area contributed by atoms with Gasteiger partial charge in [0.15, 0.2) is 0 Å². The molecule has 2 aliphatic rings. The van der Waals surface area contributed by atoms with Crippen LogP contribution in [0.15, 0.2) is 0 Å². The standard InChI is InChI=1S/C10H19N3O3S/c1-17(15,16)13-6-9(7-13)12-4-2-8(3-5-12)10(11)14/h8-9H,2-7H2,1H3,(H2,11,14). The Labute approximate surface area is 102 Å². The zero-order valence-electron chi connectivity index (χ0n) is 10.0. The van der Waals surface area contributed by atoms with Gasteiger partial charge in [0.2, 0.25) is 15.9 Å². The number of carbonyl (C=O) groups excluding carboxylic acids is 1. The average molecular weight is 261 g/mol. The van der Waals surface area contributed by atoms with Crippen LogP contribution in [0, 0.1) is 5.92 Å². The minimum absolute atomic E-state index is 0.00247. The molecule has 0 aromatic carbocycles. The van der Waals surface area contributed by atoms with E-state index in [2.05, 4.69) is 4.90 Å². The molecule has 98 valence electrons. The molecule has 0 atom stereocenters. The third-order valence-electron chi connectivity index (χ3n) is 3.75. The fraction of sp³-hybridized carbons (Fsp3) is 0.900. The van der Waals surface area contributed by atoms with Crippen LogP contribution in [0.1, 0.15) is 12.8 Å². The molecule has 2 saturated heterocycles. The number of rotatable bonds is 3. The molecule has 2 aliphatic heterocycles. The van der Waals surface area contributed by atoms with Crippen LogP contribution in [0.2, 0.25) is 0 Å². The summed E-state index contributed by atoms with van der Waals surface area (Å²) >= 11 is 0. The van der Waals surface area contributed by atoms with E-state index in [9.17, 15) is 13.2 Å². The summed E-state index contributed by atoms with van der Waals surface area (Å²) in [4.78, 5) is 13.3. The molecule has 0 bridgehead atoms. The number of piperidine rings is 1. The fourth-order valence-corrected chi connectivity index (χ4v) is 3.35. The molecule has 6 nitrogen and oxygen atoms in total. The molecule has 0 unspecified atom stereocenters. The predicted octanol–water partition coefficient (Wildman–Crippen LogP) is -1.17. The molecular formula is C10H19N3O3S. The summed E-state index contributed by atoms with van der Waals surface area (Å²) in [5.41, 5.74) is 5.27. The van der Waals surface area contributed by atoms with E-state index in [4.69, 9.17) is 5.73 Å². The Kier molecular flexibility index (Phi) is 3.42. The van der Waals surface area contributed by atoms with E-state index >= 15 is 0 Å². The summed E-state index contributed by atoms with van der Waals surface area (Å²) in [6.07, 6.45) is 2.83. The molecule has 7 heteroatoms. The second kappa shape index (κ2) is 4.55. The van der Waals surface area contributed by atoms with Gasteiger partial charge >= 0.3 is 0 Å². The maximum atomic E-state index is 11.2. The van der Waals surface area contributed by atoms with Gasteiger partial charge in [-0.15, -0.1) is 0 Å². The highest BCUT2D eigenvalue weighted by atomic mass is 32.2. The maximum absolute atomic E-state index is 11.2. The number of nitrogens with zero attached hydrogens (tertiary/aromatic N) is 2. The van der Waals surface area contributed by atoms with Gasteiger partial charge < -0.3 is 5.73 Å². The molecule has 0 aromatic rings. The summed E-state index contributed by atoms with van der Waals surface area (Å²) in [5, 5.41) is 0. The van der Waals surface area contributed by atoms with E-state index in [-0.39, 0.29) is 11.8 Å². The van der Waals surface area contributed by atoms with Crippen molar-refractivity contribution < 1.29 is 13.2 Å². The fourth-order valence-electron chi connectivity index (χ4n) is 2.47. The third-order valence-corrected chi connectivity index (χ3v) is 4.98. The lowest BCUT2D eigenvalue weighted by atomic mass is 9.94. The topological polar surface area (TPSA) is 83.7 Å². The number of primary amides is 1. The number of hydrogen-bond donors (Lipinski definition) is 1. The molecule has 2 fully saturated rings. The summed E-state index contributed by atoms with van der Waals surface area (Å²) in [6, 6.07) is 0.318. The number of amides is 1. The van der Waals surface area contributed by atoms with Gasteiger partial charge in [0, 0.05) is 25.0 Å². The lowest BCUT2D eigenvalue weighted by Gasteiger charge is -2.46. The molecule has 0 aromatic heterocycles. The molecule has 17 heavy (non-hydrogen) atoms. The number of likely N-dealkylation sites (tertiary alicyclic amines) is 1. The predicted molar refractivity (Wildman–Crippen MR) is 63.7 cm³/mol. The Morgan fingerprint density at radius 2 is 1.76 bits per heavy atom. The van der Waals surface area contributed by atoms with E-state index in [1.54, 1.807) is 0 Å². The van der Waals surface area contributed by atoms with Crippen molar-refractivity contribution in [2.75, 3.05) is 32.4 Å². The van der Waals surface area contributed by atoms with Crippen LogP contribution in [0.5, 0.6) is 0 Å². The first-order valence-electron chi connectivity index (χ1n) is 5.86. The van der Waals surface area contributed by atoms with Gasteiger partial charge in [0.05, 0.1) is 6.26 Å². The molecule has 2 N–H and O–H groups in total. The van der Waals surface area contributed by atoms with Gasteiger partial charge in [-0.2, -0.15) is 4.31 Å². The van der Waals surface area contributed by atoms with Crippen LogP contribution < -0.4 is 5.73 Å². The van der Waals surface area contributed by atoms with Crippen LogP contribution in [0.3, 0.4) is 0 Å². The van der Waals surface area contributed by atoms with Crippen LogP contribution in [0.4, 0.5) is 0 Å². The average Bonchev–Trinajstić information content (AvgIpc) is 2.13. The molecule has 0 radical (unpaired) electrons. The Hall–Kier alpha value is -0.660. The minimum atomic E-state index is -3.03. The highest BCUT2D eigenvalue weighted by Crippen LogP contribution is 2.24. The van der Waals surface area contributed by atoms with E-state index in [1.807, 2.05) is 0 Å². The number of carbonyl (C=O) groups is 1. The number of hydrogen-bond acceptors (Lipinski definition) is 4. The molecule has 0 saturated carbocycles. The first kappa shape index (κ1) is 12.8. The molecule has 0 spiro atoms. The normalized spacial score (nSPS) is 25.7. The van der Waals surface area contributed by atoms with Crippen LogP contribution in [-0.4, -0.2) is 62.0 Å². The van der Waals surface area contributed by atoms with Crippen molar-refractivity contribution in [2.24, 2.45) is 11.7 Å². The Morgan fingerprint density at radius 1 is 1.24 bits per heavy atom. The molecule has 0 aliphatic carbocycles. The summed E-state index contributed by atoms with van der Waals surface area (Å²) < 4.78 is 23.9. The molecule has 1 amide bonds. The highest BCUT2D eigenvalue weighted by Gasteiger charge is 2.38. The van der Waals surface area contributed by atoms with E-state index in [0.717, 1.165) is 25.9 Å². The van der Waals surface area contributed by atoms with Crippen LogP contribution in [-0.2, 0) is 14.8 Å². The van der Waals surface area contributed by atoms with Gasteiger partial charge in [-0.05, 0) is 25.9 Å². The lowest BCUT2D eigenvalue weighted by Crippen LogP contribution is -2.62. The number of sulfonamides is 1. The zero-order valence-corrected chi connectivity index (χ0v) is 10.8. The summed E-state index contributed by atoms with van der Waals surface area (Å²) in [5.74, 6) is -0.214. The quantitative estimate of drug-likeness (QED) is 0.693. The highest BCUT2D eigenvalue weighted by molar-refractivity contribution is 7.88. The molecule has 2 rings (SSSR count). The SMILES string of the molecule is CS(=O)(=O)N1CC(N2CCC(C(N)=O)CC2)C1. The Balaban J connectivity index is 1.79. The van der Waals surface area contributed by atoms with Gasteiger partial charge in [0.1, 0.15) is 0 Å². The maximum Gasteiger partial charge on any atom is 0.220 e. The van der Waals surface area contributed by atoms with Gasteiger partial charge in [0.25, 0.3) is 0 Å². The first-order chi connectivity index (χ1) is 7.88. The smallest absolute Gasteiger partial charge is 0.220 e. The van der Waals surface area contributed by atoms with Crippen molar-refractivity contribution in [3.05, 3.63) is 0 Å². The summed E-state index contributed by atoms with van der Waals surface area (Å²) in [6.45, 7) is 2.85. The second-order valence-electron chi connectivity index (χ2n) is 4.95. The number of nitrogens with two attached hydrogens (primary N) is 1. The Bertz CT molecular complexity index is 395. The molecular weight excluding hydrogens is 242 g/mol. The monoisotopic (exact) mass is 261 g/mol. The molecule has 2 heterocycles. The van der Waals surface area contributed by atoms with Gasteiger partial charge in [-0.1, -0.05) is 0 Å². The van der Waals surface area contributed by atoms with E-state index < -0.39 is 10.0 Å². The van der Waals surface area contributed by atoms with Crippen molar-refractivity contribution in [1.82, 2.24) is 9.21 Å². The van der Waals surface area contributed by atoms with Crippen molar-refractivity contribution in [1.29, 1.82) is 0 Å². The van der Waals surface area contributed by atoms with Gasteiger partial charge in [-0.3, -0.25) is 9.69 Å². The first-order valence-corrected chi connectivity index (χ1v) is 7.71. The van der Waals surface area contributed by atoms with E-state index in [0.29, 0.717) is 19.1 Å². The lowest BCUT2D eigenvalue weighted by molar-refractivity contribution is -0.123. The van der Waals surface area contributed by atoms with Crippen molar-refractivity contribution >= 4 is 15.9 Å². The van der Waals surface area contributed by atoms with Crippen molar-refractivity contribution in [3.8, 4) is 0 Å². The van der Waals surface area contributed by atoms with E-state index in [1.165, 1.54) is 10.6 Å². The van der Waals surface area contributed by atoms with Crippen molar-refractivity contribution in [2.45, 2.75) is 18.9 Å². The van der Waals surface area contributed by atoms with Crippen LogP contribution in [0.25, 0.3) is 0 Å². The Morgan fingerprint density at radius 3 is 2.18 bits per heavy atom.